The molecular weight excluding hydrogens is 639 g/mol. The molecule has 0 spiro atoms. The molecule has 0 saturated carbocycles. The minimum atomic E-state index is -2.11. The molecule has 0 aliphatic carbocycles. The van der Waals surface area contributed by atoms with Gasteiger partial charge in [0.05, 0.1) is 0 Å². The molecule has 51 heavy (non-hydrogen) atoms. The largest absolute Gasteiger partial charge is 0.456 e. The second-order valence-electron chi connectivity index (χ2n) is 15.0. The van der Waals surface area contributed by atoms with Crippen LogP contribution in [0.15, 0.2) is 142 Å². The maximum absolute atomic E-state index is 6.47. The molecular formula is C45H31BN2O2Si. The molecule has 0 fully saturated rings. The summed E-state index contributed by atoms with van der Waals surface area (Å²) in [5.74, 6) is 0. The molecule has 12 rings (SSSR count). The number of hydrogen-bond donors (Lipinski definition) is 0. The van der Waals surface area contributed by atoms with E-state index in [1.54, 1.807) is 0 Å². The summed E-state index contributed by atoms with van der Waals surface area (Å²) in [5, 5.41) is 7.64. The molecule has 6 heteroatoms. The van der Waals surface area contributed by atoms with E-state index in [-0.39, 0.29) is 6.71 Å². The van der Waals surface area contributed by atoms with Crippen LogP contribution in [0.3, 0.4) is 0 Å². The van der Waals surface area contributed by atoms with Crippen molar-refractivity contribution in [3.05, 3.63) is 139 Å². The minimum Gasteiger partial charge on any atom is -0.456 e. The van der Waals surface area contributed by atoms with Crippen LogP contribution in [-0.4, -0.2) is 14.8 Å². The first-order valence-electron chi connectivity index (χ1n) is 17.8. The number of furan rings is 2. The molecule has 3 aliphatic heterocycles. The highest BCUT2D eigenvalue weighted by molar-refractivity contribution is 7.16. The Morgan fingerprint density at radius 1 is 0.451 bits per heavy atom. The van der Waals surface area contributed by atoms with Crippen LogP contribution >= 0.6 is 0 Å². The number of benzene rings is 7. The summed E-state index contributed by atoms with van der Waals surface area (Å²) in [6.45, 7) is 7.44. The Morgan fingerprint density at radius 3 is 1.43 bits per heavy atom. The minimum absolute atomic E-state index is 0.144. The predicted molar refractivity (Wildman–Crippen MR) is 217 cm³/mol. The molecule has 0 amide bonds. The fraction of sp³-hybridized carbons (Fsp3) is 0.0667. The summed E-state index contributed by atoms with van der Waals surface area (Å²) in [6, 6.07) is 49.0. The third-order valence-electron chi connectivity index (χ3n) is 11.9. The zero-order valence-corrected chi connectivity index (χ0v) is 29.5. The van der Waals surface area contributed by atoms with Crippen molar-refractivity contribution in [3.8, 4) is 0 Å². The van der Waals surface area contributed by atoms with Crippen molar-refractivity contribution in [2.75, 3.05) is 9.80 Å². The van der Waals surface area contributed by atoms with Crippen molar-refractivity contribution in [2.24, 2.45) is 0 Å². The maximum atomic E-state index is 6.47. The van der Waals surface area contributed by atoms with Crippen LogP contribution in [0.25, 0.3) is 43.9 Å². The van der Waals surface area contributed by atoms with Gasteiger partial charge in [0, 0.05) is 67.8 Å². The Hall–Kier alpha value is -5.98. The third kappa shape index (κ3) is 3.45. The average Bonchev–Trinajstić information content (AvgIpc) is 3.71. The number of anilines is 6. The van der Waals surface area contributed by atoms with Gasteiger partial charge in [-0.3, -0.25) is 0 Å². The van der Waals surface area contributed by atoms with Gasteiger partial charge in [-0.25, -0.2) is 0 Å². The number of hydrogen-bond acceptors (Lipinski definition) is 4. The summed E-state index contributed by atoms with van der Waals surface area (Å²) in [4.78, 5) is 5.02. The van der Waals surface area contributed by atoms with Gasteiger partial charge in [0.15, 0.2) is 0 Å². The normalized spacial score (nSPS) is 15.0. The van der Waals surface area contributed by atoms with Gasteiger partial charge in [-0.05, 0) is 89.5 Å². The lowest BCUT2D eigenvalue weighted by Gasteiger charge is -2.50. The standard InChI is InChI=1S/C45H31BN2O2Si/c1-26-22-35-43-36(23-26)48(28-19-21-32-30-11-5-7-15-38(30)50-40(32)25-28)34-13-9-17-42-45(34)46(43)44-33(12-8-16-41(44)51(42,2)3)47(35)27-18-20-31-29-10-4-6-14-37(29)49-39(31)24-27/h4-25H,1-3H3. The number of fused-ring (bicyclic) bond motifs is 6. The summed E-state index contributed by atoms with van der Waals surface area (Å²) >= 11 is 0. The molecule has 0 saturated heterocycles. The fourth-order valence-electron chi connectivity index (χ4n) is 9.72. The van der Waals surface area contributed by atoms with Crippen molar-refractivity contribution in [2.45, 2.75) is 20.0 Å². The third-order valence-corrected chi connectivity index (χ3v) is 15.4. The Kier molecular flexibility index (Phi) is 5.13. The first kappa shape index (κ1) is 27.8. The van der Waals surface area contributed by atoms with Gasteiger partial charge < -0.3 is 18.6 Å². The lowest BCUT2D eigenvalue weighted by atomic mass is 9.33. The van der Waals surface area contributed by atoms with E-state index in [1.807, 2.05) is 12.1 Å². The second-order valence-corrected chi connectivity index (χ2v) is 19.3. The fourth-order valence-corrected chi connectivity index (χ4v) is 12.9. The molecule has 0 unspecified atom stereocenters. The maximum Gasteiger partial charge on any atom is 0.251 e. The monoisotopic (exact) mass is 670 g/mol. The molecule has 0 bridgehead atoms. The van der Waals surface area contributed by atoms with Crippen LogP contribution in [0.5, 0.6) is 0 Å². The highest BCUT2D eigenvalue weighted by Gasteiger charge is 2.51. The van der Waals surface area contributed by atoms with Gasteiger partial charge >= 0.3 is 0 Å². The second kappa shape index (κ2) is 9.42. The van der Waals surface area contributed by atoms with Gasteiger partial charge in [0.1, 0.15) is 30.4 Å². The summed E-state index contributed by atoms with van der Waals surface area (Å²) in [6.07, 6.45) is 0. The first-order chi connectivity index (χ1) is 25.0. The molecule has 9 aromatic rings. The van der Waals surface area contributed by atoms with E-state index < -0.39 is 8.07 Å². The Labute approximate surface area is 296 Å². The van der Waals surface area contributed by atoms with E-state index in [1.165, 1.54) is 55.1 Å². The number of nitrogens with zero attached hydrogens (tertiary/aromatic N) is 2. The zero-order valence-electron chi connectivity index (χ0n) is 28.5. The average molecular weight is 671 g/mol. The molecule has 5 heterocycles. The van der Waals surface area contributed by atoms with Crippen molar-refractivity contribution >= 4 is 120 Å². The van der Waals surface area contributed by atoms with E-state index in [0.29, 0.717) is 0 Å². The van der Waals surface area contributed by atoms with Gasteiger partial charge in [-0.2, -0.15) is 0 Å². The quantitative estimate of drug-likeness (QED) is 0.172. The topological polar surface area (TPSA) is 32.8 Å². The van der Waals surface area contributed by atoms with Gasteiger partial charge in [0.2, 0.25) is 0 Å². The van der Waals surface area contributed by atoms with Crippen LogP contribution in [0.2, 0.25) is 13.1 Å². The number of aryl methyl sites for hydroxylation is 1. The molecule has 4 nitrogen and oxygen atoms in total. The predicted octanol–water partition coefficient (Wildman–Crippen LogP) is 9.01. The van der Waals surface area contributed by atoms with E-state index in [2.05, 4.69) is 151 Å². The SMILES string of the molecule is Cc1cc2c3c(c1)N(c1ccc4c(c1)oc1ccccc14)c1cccc4c1B3c1c(cccc1[Si]4(C)C)N2c1ccc2c(c1)oc1ccccc12. The van der Waals surface area contributed by atoms with E-state index in [9.17, 15) is 0 Å². The molecule has 0 atom stereocenters. The van der Waals surface area contributed by atoms with E-state index in [4.69, 9.17) is 8.83 Å². The van der Waals surface area contributed by atoms with Gasteiger partial charge in [-0.1, -0.05) is 84.1 Å². The van der Waals surface area contributed by atoms with Crippen LogP contribution in [-0.2, 0) is 0 Å². The zero-order chi connectivity index (χ0) is 33.7. The van der Waals surface area contributed by atoms with Gasteiger partial charge in [-0.15, -0.1) is 0 Å². The molecule has 3 aliphatic rings. The van der Waals surface area contributed by atoms with E-state index in [0.717, 1.165) is 55.3 Å². The highest BCUT2D eigenvalue weighted by atomic mass is 28.3. The first-order valence-corrected chi connectivity index (χ1v) is 20.8. The van der Waals surface area contributed by atoms with Crippen LogP contribution in [0.1, 0.15) is 5.56 Å². The lowest BCUT2D eigenvalue weighted by Crippen LogP contribution is -2.79. The van der Waals surface area contributed by atoms with Crippen molar-refractivity contribution in [3.63, 3.8) is 0 Å². The molecule has 240 valence electrons. The smallest absolute Gasteiger partial charge is 0.251 e. The highest BCUT2D eigenvalue weighted by Crippen LogP contribution is 2.46. The van der Waals surface area contributed by atoms with E-state index >= 15 is 0 Å². The summed E-state index contributed by atoms with van der Waals surface area (Å²) in [7, 11) is -2.11. The van der Waals surface area contributed by atoms with Crippen molar-refractivity contribution in [1.29, 1.82) is 0 Å². The van der Waals surface area contributed by atoms with Crippen LogP contribution in [0.4, 0.5) is 34.1 Å². The number of rotatable bonds is 2. The van der Waals surface area contributed by atoms with Crippen molar-refractivity contribution < 1.29 is 8.83 Å². The van der Waals surface area contributed by atoms with Crippen LogP contribution in [0, 0.1) is 6.92 Å². The molecule has 0 N–H and O–H groups in total. The molecule has 0 radical (unpaired) electrons. The molecule has 7 aromatic carbocycles. The Bertz CT molecular complexity index is 2810. The Balaban J connectivity index is 1.17. The number of para-hydroxylation sites is 2. The Morgan fingerprint density at radius 2 is 0.922 bits per heavy atom. The lowest BCUT2D eigenvalue weighted by molar-refractivity contribution is 0.668. The molecule has 2 aromatic heterocycles. The van der Waals surface area contributed by atoms with Crippen molar-refractivity contribution in [1.82, 2.24) is 0 Å². The summed E-state index contributed by atoms with van der Waals surface area (Å²) < 4.78 is 12.9. The van der Waals surface area contributed by atoms with Gasteiger partial charge in [0.25, 0.3) is 6.71 Å². The van der Waals surface area contributed by atoms with Crippen LogP contribution < -0.4 is 36.6 Å². The summed E-state index contributed by atoms with van der Waals surface area (Å²) in [5.41, 5.74) is 16.4.